The van der Waals surface area contributed by atoms with Crippen molar-refractivity contribution in [3.63, 3.8) is 0 Å². The molecule has 0 saturated carbocycles. The number of carbonyl (C=O) groups is 2. The van der Waals surface area contributed by atoms with E-state index in [0.717, 1.165) is 12.1 Å². The van der Waals surface area contributed by atoms with Gasteiger partial charge < -0.3 is 14.8 Å². The van der Waals surface area contributed by atoms with Crippen LogP contribution in [0.3, 0.4) is 0 Å². The van der Waals surface area contributed by atoms with Crippen molar-refractivity contribution in [2.75, 3.05) is 6.61 Å². The molecule has 1 amide bonds. The number of carbonyl (C=O) groups excluding carboxylic acids is 2. The summed E-state index contributed by atoms with van der Waals surface area (Å²) in [6, 6.07) is 3.90. The Hall–Kier alpha value is -1.93. The molecule has 1 heterocycles. The lowest BCUT2D eigenvalue weighted by molar-refractivity contribution is -0.137. The maximum absolute atomic E-state index is 12.6. The van der Waals surface area contributed by atoms with Gasteiger partial charge in [-0.3, -0.25) is 9.59 Å². The number of hydrogen-bond donors (Lipinski definition) is 1. The van der Waals surface area contributed by atoms with Gasteiger partial charge in [-0.25, -0.2) is 0 Å². The van der Waals surface area contributed by atoms with Gasteiger partial charge in [-0.1, -0.05) is 26.0 Å². The number of amides is 1. The van der Waals surface area contributed by atoms with Crippen molar-refractivity contribution in [1.29, 1.82) is 0 Å². The van der Waals surface area contributed by atoms with Crippen LogP contribution in [0, 0.1) is 5.92 Å². The quantitative estimate of drug-likeness (QED) is 0.781. The highest BCUT2D eigenvalue weighted by Crippen LogP contribution is 2.29. The molecule has 27 heavy (non-hydrogen) atoms. The number of halogens is 3. The van der Waals surface area contributed by atoms with Crippen molar-refractivity contribution in [1.82, 2.24) is 5.32 Å². The number of Topliss-reactive ketones (excluding diaryl/α,β-unsaturated/α-hetero) is 1. The molecule has 3 unspecified atom stereocenters. The number of rotatable bonds is 7. The summed E-state index contributed by atoms with van der Waals surface area (Å²) in [5.41, 5.74) is -0.213. The molecule has 5 nitrogen and oxygen atoms in total. The van der Waals surface area contributed by atoms with E-state index in [1.54, 1.807) is 6.92 Å². The molecule has 1 N–H and O–H groups in total. The molecule has 1 saturated heterocycles. The van der Waals surface area contributed by atoms with Crippen molar-refractivity contribution in [2.45, 2.75) is 58.2 Å². The zero-order chi connectivity index (χ0) is 20.2. The van der Waals surface area contributed by atoms with Crippen molar-refractivity contribution in [2.24, 2.45) is 5.92 Å². The van der Waals surface area contributed by atoms with Crippen molar-refractivity contribution >= 4 is 11.7 Å². The van der Waals surface area contributed by atoms with E-state index in [4.69, 9.17) is 9.47 Å². The number of nitrogens with one attached hydrogen (secondary N) is 1. The summed E-state index contributed by atoms with van der Waals surface area (Å²) in [6.07, 6.45) is -5.20. The number of hydrogen-bond acceptors (Lipinski definition) is 4. The van der Waals surface area contributed by atoms with Gasteiger partial charge in [0.1, 0.15) is 18.8 Å². The fourth-order valence-corrected chi connectivity index (χ4v) is 2.77. The smallest absolute Gasteiger partial charge is 0.368 e. The van der Waals surface area contributed by atoms with Crippen LogP contribution in [0.2, 0.25) is 0 Å². The van der Waals surface area contributed by atoms with Gasteiger partial charge in [0.25, 0.3) is 0 Å². The van der Waals surface area contributed by atoms with E-state index in [-0.39, 0.29) is 24.9 Å². The summed E-state index contributed by atoms with van der Waals surface area (Å²) in [7, 11) is 0. The van der Waals surface area contributed by atoms with Gasteiger partial charge in [0.15, 0.2) is 5.78 Å². The van der Waals surface area contributed by atoms with Gasteiger partial charge in [0, 0.05) is 0 Å². The minimum absolute atomic E-state index is 0.00634. The Labute approximate surface area is 156 Å². The lowest BCUT2D eigenvalue weighted by atomic mass is 10.0. The molecule has 0 aliphatic carbocycles. The molecular formula is C19H24F3NO4. The summed E-state index contributed by atoms with van der Waals surface area (Å²) >= 11 is 0. The normalized spacial score (nSPS) is 21.5. The summed E-state index contributed by atoms with van der Waals surface area (Å²) in [5, 5.41) is 2.66. The first-order valence-electron chi connectivity index (χ1n) is 8.80. The molecule has 0 radical (unpaired) electrons. The Morgan fingerprint density at radius 1 is 1.30 bits per heavy atom. The van der Waals surface area contributed by atoms with E-state index in [1.165, 1.54) is 12.1 Å². The lowest BCUT2D eigenvalue weighted by Gasteiger charge is -2.22. The molecule has 1 aliphatic rings. The van der Waals surface area contributed by atoms with Crippen LogP contribution >= 0.6 is 0 Å². The maximum atomic E-state index is 12.6. The third kappa shape index (κ3) is 6.04. The Bertz CT molecular complexity index is 658. The summed E-state index contributed by atoms with van der Waals surface area (Å²) in [4.78, 5) is 24.3. The SMILES string of the molecule is CC(C)CC(OCc1ccc(C(F)(F)F)cc1)C(=O)NC1C(=O)COC1C. The van der Waals surface area contributed by atoms with Gasteiger partial charge in [-0.2, -0.15) is 13.2 Å². The van der Waals surface area contributed by atoms with Crippen LogP contribution in [0.4, 0.5) is 13.2 Å². The molecule has 1 aliphatic heterocycles. The third-order valence-corrected chi connectivity index (χ3v) is 4.31. The highest BCUT2D eigenvalue weighted by atomic mass is 19.4. The number of ether oxygens (including phenoxy) is 2. The molecular weight excluding hydrogens is 363 g/mol. The molecule has 150 valence electrons. The molecule has 8 heteroatoms. The van der Waals surface area contributed by atoms with Gasteiger partial charge >= 0.3 is 6.18 Å². The molecule has 1 fully saturated rings. The van der Waals surface area contributed by atoms with Crippen molar-refractivity contribution < 1.29 is 32.2 Å². The Balaban J connectivity index is 1.99. The van der Waals surface area contributed by atoms with E-state index >= 15 is 0 Å². The second-order valence-corrected chi connectivity index (χ2v) is 7.09. The van der Waals surface area contributed by atoms with Gasteiger partial charge in [-0.05, 0) is 37.0 Å². The third-order valence-electron chi connectivity index (χ3n) is 4.31. The molecule has 2 rings (SSSR count). The first-order valence-corrected chi connectivity index (χ1v) is 8.80. The molecule has 3 atom stereocenters. The predicted octanol–water partition coefficient (Wildman–Crippen LogP) is 3.11. The van der Waals surface area contributed by atoms with Crippen LogP contribution < -0.4 is 5.32 Å². The Morgan fingerprint density at radius 2 is 1.93 bits per heavy atom. The second-order valence-electron chi connectivity index (χ2n) is 7.09. The summed E-state index contributed by atoms with van der Waals surface area (Å²) in [6.45, 7) is 5.51. The van der Waals surface area contributed by atoms with Crippen molar-refractivity contribution in [3.8, 4) is 0 Å². The highest BCUT2D eigenvalue weighted by Gasteiger charge is 2.35. The lowest BCUT2D eigenvalue weighted by Crippen LogP contribution is -2.48. The number of benzene rings is 1. The van der Waals surface area contributed by atoms with Crippen LogP contribution in [0.15, 0.2) is 24.3 Å². The molecule has 0 spiro atoms. The zero-order valence-corrected chi connectivity index (χ0v) is 15.5. The minimum atomic E-state index is -4.40. The van der Waals surface area contributed by atoms with Gasteiger partial charge in [0.05, 0.1) is 18.3 Å². The molecule has 0 aromatic heterocycles. The maximum Gasteiger partial charge on any atom is 0.416 e. The van der Waals surface area contributed by atoms with Crippen LogP contribution in [0.5, 0.6) is 0 Å². The van der Waals surface area contributed by atoms with Crippen LogP contribution in [-0.4, -0.2) is 36.5 Å². The van der Waals surface area contributed by atoms with Crippen LogP contribution in [-0.2, 0) is 31.8 Å². The monoisotopic (exact) mass is 387 g/mol. The Morgan fingerprint density at radius 3 is 2.41 bits per heavy atom. The minimum Gasteiger partial charge on any atom is -0.368 e. The number of ketones is 1. The summed E-state index contributed by atoms with van der Waals surface area (Å²) < 4.78 is 48.7. The first kappa shape index (κ1) is 21.4. The molecule has 1 aromatic rings. The zero-order valence-electron chi connectivity index (χ0n) is 15.5. The van der Waals surface area contributed by atoms with E-state index in [1.807, 2.05) is 13.8 Å². The average molecular weight is 387 g/mol. The van der Waals surface area contributed by atoms with Gasteiger partial charge in [-0.15, -0.1) is 0 Å². The van der Waals surface area contributed by atoms with E-state index in [0.29, 0.717) is 12.0 Å². The van der Waals surface area contributed by atoms with E-state index < -0.39 is 35.9 Å². The summed E-state index contributed by atoms with van der Waals surface area (Å²) in [5.74, 6) is -0.463. The van der Waals surface area contributed by atoms with Crippen LogP contribution in [0.1, 0.15) is 38.3 Å². The van der Waals surface area contributed by atoms with Crippen molar-refractivity contribution in [3.05, 3.63) is 35.4 Å². The molecule has 1 aromatic carbocycles. The fourth-order valence-electron chi connectivity index (χ4n) is 2.77. The standard InChI is InChI=1S/C19H24F3NO4/c1-11(2)8-16(18(25)23-17-12(3)26-10-15(17)24)27-9-13-4-6-14(7-5-13)19(20,21)22/h4-7,11-12,16-17H,8-10H2,1-3H3,(H,23,25). The van der Waals surface area contributed by atoms with E-state index in [9.17, 15) is 22.8 Å². The Kier molecular flexibility index (Phi) is 7.00. The van der Waals surface area contributed by atoms with E-state index in [2.05, 4.69) is 5.32 Å². The predicted molar refractivity (Wildman–Crippen MR) is 91.8 cm³/mol. The number of alkyl halides is 3. The fraction of sp³-hybridized carbons (Fsp3) is 0.579. The molecule has 0 bridgehead atoms. The average Bonchev–Trinajstić information content (AvgIpc) is 2.89. The second kappa shape index (κ2) is 8.84. The topological polar surface area (TPSA) is 64.6 Å². The van der Waals surface area contributed by atoms with Gasteiger partial charge in [0.2, 0.25) is 5.91 Å². The van der Waals surface area contributed by atoms with Crippen LogP contribution in [0.25, 0.3) is 0 Å². The largest absolute Gasteiger partial charge is 0.416 e. The highest BCUT2D eigenvalue weighted by molar-refractivity contribution is 5.92. The first-order chi connectivity index (χ1) is 12.6.